The van der Waals surface area contributed by atoms with Crippen LogP contribution < -0.4 is 0 Å². The van der Waals surface area contributed by atoms with Gasteiger partial charge in [-0.1, -0.05) is 36.9 Å². The summed E-state index contributed by atoms with van der Waals surface area (Å²) >= 11 is 0. The first-order valence-corrected chi connectivity index (χ1v) is 7.75. The second-order valence-corrected chi connectivity index (χ2v) is 4.77. The van der Waals surface area contributed by atoms with Crippen LogP contribution >= 0.6 is 0 Å². The normalized spacial score (nSPS) is 21.3. The molecule has 0 fully saturated rings. The van der Waals surface area contributed by atoms with Crippen molar-refractivity contribution in [2.24, 2.45) is 0 Å². The van der Waals surface area contributed by atoms with Gasteiger partial charge in [0.25, 0.3) is 0 Å². The van der Waals surface area contributed by atoms with E-state index in [1.165, 1.54) is 56.4 Å². The van der Waals surface area contributed by atoms with Gasteiger partial charge in [-0.05, 0) is 11.1 Å². The molecule has 1 heterocycles. The zero-order valence-electron chi connectivity index (χ0n) is 14.2. The van der Waals surface area contributed by atoms with Gasteiger partial charge in [-0.3, -0.25) is 0 Å². The highest BCUT2D eigenvalue weighted by Crippen LogP contribution is 2.08. The molecule has 6 heteroatoms. The van der Waals surface area contributed by atoms with Crippen LogP contribution in [0.25, 0.3) is 6.08 Å². The Morgan fingerprint density at radius 1 is 0.731 bits per heavy atom. The van der Waals surface area contributed by atoms with E-state index in [1.807, 2.05) is 24.3 Å². The molecule has 1 aromatic carbocycles. The molecule has 1 aromatic rings. The van der Waals surface area contributed by atoms with Crippen LogP contribution in [0.15, 0.2) is 93.0 Å². The highest BCUT2D eigenvalue weighted by molar-refractivity contribution is 5.47. The van der Waals surface area contributed by atoms with Crippen LogP contribution in [0.5, 0.6) is 0 Å². The van der Waals surface area contributed by atoms with Crippen molar-refractivity contribution < 1.29 is 28.4 Å². The van der Waals surface area contributed by atoms with Gasteiger partial charge in [0.05, 0.1) is 6.61 Å². The van der Waals surface area contributed by atoms with E-state index in [4.69, 9.17) is 28.4 Å². The van der Waals surface area contributed by atoms with E-state index in [0.29, 0.717) is 12.4 Å². The average molecular weight is 356 g/mol. The van der Waals surface area contributed by atoms with Crippen LogP contribution in [-0.2, 0) is 35.0 Å². The predicted octanol–water partition coefficient (Wildman–Crippen LogP) is 4.67. The number of ether oxygens (including phenoxy) is 6. The summed E-state index contributed by atoms with van der Waals surface area (Å²) in [7, 11) is 0. The molecular weight excluding hydrogens is 336 g/mol. The molecule has 2 rings (SSSR count). The lowest BCUT2D eigenvalue weighted by Crippen LogP contribution is -2.01. The molecule has 0 unspecified atom stereocenters. The molecule has 1 aliphatic rings. The summed E-state index contributed by atoms with van der Waals surface area (Å²) in [4.78, 5) is 0. The van der Waals surface area contributed by atoms with Gasteiger partial charge in [0.2, 0.25) is 0 Å². The van der Waals surface area contributed by atoms with Crippen molar-refractivity contribution in [3.63, 3.8) is 0 Å². The Bertz CT molecular complexity index is 683. The highest BCUT2D eigenvalue weighted by Gasteiger charge is 2.00. The molecule has 0 N–H and O–H groups in total. The fraction of sp³-hybridized carbons (Fsp3) is 0.100. The molecule has 0 radical (unpaired) electrons. The lowest BCUT2D eigenvalue weighted by atomic mass is 10.1. The average Bonchev–Trinajstić information content (AvgIpc) is 2.68. The van der Waals surface area contributed by atoms with Crippen LogP contribution in [0.1, 0.15) is 11.1 Å². The maximum absolute atomic E-state index is 5.65. The van der Waals surface area contributed by atoms with Crippen molar-refractivity contribution in [2.45, 2.75) is 6.61 Å². The van der Waals surface area contributed by atoms with E-state index in [2.05, 4.69) is 6.58 Å². The van der Waals surface area contributed by atoms with E-state index in [0.717, 1.165) is 11.1 Å². The van der Waals surface area contributed by atoms with Crippen molar-refractivity contribution in [1.29, 1.82) is 0 Å². The maximum atomic E-state index is 5.65. The molecule has 6 nitrogen and oxygen atoms in total. The first kappa shape index (κ1) is 19.0. The summed E-state index contributed by atoms with van der Waals surface area (Å²) in [5.41, 5.74) is 2.10. The number of hydrogen-bond donors (Lipinski definition) is 0. The van der Waals surface area contributed by atoms with Crippen LogP contribution in [0.3, 0.4) is 0 Å². The molecule has 0 aromatic heterocycles. The largest absolute Gasteiger partial charge is 0.466 e. The Kier molecular flexibility index (Phi) is 8.78. The van der Waals surface area contributed by atoms with Crippen molar-refractivity contribution >= 4 is 6.08 Å². The van der Waals surface area contributed by atoms with Gasteiger partial charge in [-0.2, -0.15) is 0 Å². The van der Waals surface area contributed by atoms with E-state index >= 15 is 0 Å². The number of hydrogen-bond acceptors (Lipinski definition) is 6. The van der Waals surface area contributed by atoms with Gasteiger partial charge < -0.3 is 28.4 Å². The Labute approximate surface area is 152 Å². The second kappa shape index (κ2) is 12.0. The van der Waals surface area contributed by atoms with Gasteiger partial charge in [-0.15, -0.1) is 0 Å². The fourth-order valence-corrected chi connectivity index (χ4v) is 1.71. The highest BCUT2D eigenvalue weighted by atomic mass is 16.6. The van der Waals surface area contributed by atoms with E-state index in [1.54, 1.807) is 6.08 Å². The number of benzene rings is 1. The summed E-state index contributed by atoms with van der Waals surface area (Å²) in [6, 6.07) is 7.92. The lowest BCUT2D eigenvalue weighted by molar-refractivity contribution is 0.106. The molecule has 26 heavy (non-hydrogen) atoms. The van der Waals surface area contributed by atoms with Crippen LogP contribution in [-0.4, -0.2) is 6.61 Å². The summed E-state index contributed by atoms with van der Waals surface area (Å²) in [5, 5.41) is 0. The Hall–Kier alpha value is -3.38. The number of rotatable bonds is 5. The Morgan fingerprint density at radius 3 is 1.92 bits per heavy atom. The standard InChI is InChI=1S/C20H20O6/c1-2-18-3-5-19(6-4-18)15-25-17-20-16-24-12-11-22-8-7-21-9-10-23-13-14-26-20/h2-14,16H,1,15,17H2/b8-7+,10-9+,12-11+,14-13+,20-16+. The van der Waals surface area contributed by atoms with Crippen molar-refractivity contribution in [3.05, 3.63) is 104 Å². The third-order valence-electron chi connectivity index (χ3n) is 2.92. The molecule has 0 aliphatic carbocycles. The van der Waals surface area contributed by atoms with Gasteiger partial charge in [0, 0.05) is 0 Å². The minimum Gasteiger partial charge on any atom is -0.466 e. The molecule has 0 atom stereocenters. The Balaban J connectivity index is 1.87. The summed E-state index contributed by atoms with van der Waals surface area (Å²) in [6.07, 6.45) is 13.9. The van der Waals surface area contributed by atoms with Gasteiger partial charge in [0.15, 0.2) is 5.76 Å². The van der Waals surface area contributed by atoms with Crippen molar-refractivity contribution in [3.8, 4) is 0 Å². The Morgan fingerprint density at radius 2 is 1.31 bits per heavy atom. The van der Waals surface area contributed by atoms with E-state index < -0.39 is 0 Å². The quantitative estimate of drug-likeness (QED) is 0.764. The fourth-order valence-electron chi connectivity index (χ4n) is 1.71. The van der Waals surface area contributed by atoms with Crippen molar-refractivity contribution in [2.75, 3.05) is 6.61 Å². The molecular formula is C20H20O6. The molecule has 0 amide bonds. The van der Waals surface area contributed by atoms with E-state index in [9.17, 15) is 0 Å². The monoisotopic (exact) mass is 356 g/mol. The van der Waals surface area contributed by atoms with Crippen molar-refractivity contribution in [1.82, 2.24) is 0 Å². The van der Waals surface area contributed by atoms with Gasteiger partial charge in [-0.25, -0.2) is 0 Å². The zero-order valence-corrected chi connectivity index (χ0v) is 14.2. The molecule has 136 valence electrons. The lowest BCUT2D eigenvalue weighted by Gasteiger charge is -2.08. The SMILES string of the molecule is C=Cc1ccc(COC/C2=C\O/C=C/O/C=C/O/C=C/O/C=C/O2)cc1. The smallest absolute Gasteiger partial charge is 0.164 e. The maximum Gasteiger partial charge on any atom is 0.164 e. The third-order valence-corrected chi connectivity index (χ3v) is 2.92. The minimum atomic E-state index is 0.209. The first-order valence-electron chi connectivity index (χ1n) is 7.75. The molecule has 0 saturated carbocycles. The zero-order chi connectivity index (χ0) is 18.3. The second-order valence-electron chi connectivity index (χ2n) is 4.77. The van der Waals surface area contributed by atoms with Crippen LogP contribution in [0, 0.1) is 0 Å². The van der Waals surface area contributed by atoms with Crippen LogP contribution in [0.2, 0.25) is 0 Å². The summed E-state index contributed by atoms with van der Waals surface area (Å²) in [6.45, 7) is 4.37. The predicted molar refractivity (Wildman–Crippen MR) is 96.3 cm³/mol. The topological polar surface area (TPSA) is 55.4 Å². The molecule has 1 aliphatic heterocycles. The summed E-state index contributed by atoms with van der Waals surface area (Å²) < 4.78 is 31.2. The summed E-state index contributed by atoms with van der Waals surface area (Å²) in [5.74, 6) is 0.447. The van der Waals surface area contributed by atoms with Crippen LogP contribution in [0.4, 0.5) is 0 Å². The molecule has 0 saturated heterocycles. The third kappa shape index (κ3) is 7.94. The first-order chi connectivity index (χ1) is 12.9. The van der Waals surface area contributed by atoms with E-state index in [-0.39, 0.29) is 6.61 Å². The van der Waals surface area contributed by atoms with Gasteiger partial charge >= 0.3 is 0 Å². The molecule has 0 spiro atoms. The minimum absolute atomic E-state index is 0.209. The van der Waals surface area contributed by atoms with Gasteiger partial charge in [0.1, 0.15) is 63.0 Å². The molecule has 0 bridgehead atoms.